The van der Waals surface area contributed by atoms with Gasteiger partial charge in [-0.3, -0.25) is 0 Å². The van der Waals surface area contributed by atoms with Gasteiger partial charge in [-0.1, -0.05) is 25.8 Å². The number of hydrogen-bond donors (Lipinski definition) is 1. The first-order chi connectivity index (χ1) is 7.81. The van der Waals surface area contributed by atoms with E-state index >= 15 is 0 Å². The van der Waals surface area contributed by atoms with E-state index in [4.69, 9.17) is 4.74 Å². The lowest BCUT2D eigenvalue weighted by Crippen LogP contribution is -1.97. The number of H-pyrrole nitrogens is 1. The number of imidazole rings is 1. The Morgan fingerprint density at radius 3 is 3.00 bits per heavy atom. The first-order valence-electron chi connectivity index (χ1n) is 5.89. The fraction of sp³-hybridized carbons (Fsp3) is 0.462. The molecule has 0 saturated carbocycles. The van der Waals surface area contributed by atoms with Gasteiger partial charge in [0.1, 0.15) is 17.1 Å². The highest BCUT2D eigenvalue weighted by Gasteiger charge is 2.05. The minimum atomic E-state index is 0.777. The summed E-state index contributed by atoms with van der Waals surface area (Å²) in [6.07, 6.45) is 3.54. The molecule has 0 bridgehead atoms. The molecule has 0 fully saturated rings. The minimum Gasteiger partial charge on any atom is -0.491 e. The molecule has 2 rings (SSSR count). The van der Waals surface area contributed by atoms with Crippen molar-refractivity contribution in [2.75, 3.05) is 6.61 Å². The van der Waals surface area contributed by atoms with Crippen molar-refractivity contribution in [3.63, 3.8) is 0 Å². The Balaban J connectivity index is 2.11. The third kappa shape index (κ3) is 2.35. The smallest absolute Gasteiger partial charge is 0.147 e. The normalized spacial score (nSPS) is 10.9. The van der Waals surface area contributed by atoms with E-state index in [-0.39, 0.29) is 0 Å². The zero-order chi connectivity index (χ0) is 11.4. The van der Waals surface area contributed by atoms with Gasteiger partial charge in [-0.15, -0.1) is 0 Å². The fourth-order valence-electron chi connectivity index (χ4n) is 1.78. The van der Waals surface area contributed by atoms with Crippen LogP contribution in [-0.2, 0) is 0 Å². The number of aromatic nitrogens is 2. The maximum absolute atomic E-state index is 5.75. The van der Waals surface area contributed by atoms with Crippen LogP contribution in [-0.4, -0.2) is 16.6 Å². The number of nitrogens with one attached hydrogen (secondary N) is 1. The molecule has 0 spiro atoms. The molecule has 3 heteroatoms. The highest BCUT2D eigenvalue weighted by molar-refractivity contribution is 5.81. The molecule has 86 valence electrons. The van der Waals surface area contributed by atoms with E-state index in [0.717, 1.165) is 35.6 Å². The molecule has 1 aromatic carbocycles. The maximum Gasteiger partial charge on any atom is 0.147 e. The average Bonchev–Trinajstić information content (AvgIpc) is 2.65. The number of unbranched alkanes of at least 4 members (excludes halogenated alkanes) is 2. The lowest BCUT2D eigenvalue weighted by atomic mass is 10.2. The van der Waals surface area contributed by atoms with Crippen LogP contribution in [0.2, 0.25) is 0 Å². The topological polar surface area (TPSA) is 37.9 Å². The lowest BCUT2D eigenvalue weighted by molar-refractivity contribution is 0.309. The summed E-state index contributed by atoms with van der Waals surface area (Å²) in [6.45, 7) is 4.93. The van der Waals surface area contributed by atoms with Gasteiger partial charge in [0.2, 0.25) is 0 Å². The Morgan fingerprint density at radius 2 is 2.19 bits per heavy atom. The van der Waals surface area contributed by atoms with Gasteiger partial charge in [-0.05, 0) is 25.5 Å². The summed E-state index contributed by atoms with van der Waals surface area (Å²) in [5, 5.41) is 0. The predicted octanol–water partition coefficient (Wildman–Crippen LogP) is 3.44. The van der Waals surface area contributed by atoms with Crippen LogP contribution in [0.5, 0.6) is 5.75 Å². The number of fused-ring (bicyclic) bond motifs is 1. The number of ether oxygens (including phenoxy) is 1. The zero-order valence-corrected chi connectivity index (χ0v) is 9.92. The third-order valence-corrected chi connectivity index (χ3v) is 2.60. The molecule has 1 N–H and O–H groups in total. The highest BCUT2D eigenvalue weighted by atomic mass is 16.5. The first-order valence-corrected chi connectivity index (χ1v) is 5.89. The Hall–Kier alpha value is -1.51. The van der Waals surface area contributed by atoms with Gasteiger partial charge in [-0.25, -0.2) is 4.98 Å². The standard InChI is InChI=1S/C13H18N2O/c1-3-4-5-9-16-12-8-6-7-11-13(12)15-10(2)14-11/h6-8H,3-5,9H2,1-2H3,(H,14,15). The first kappa shape index (κ1) is 11.0. The molecule has 2 aromatic rings. The second-order valence-corrected chi connectivity index (χ2v) is 4.03. The summed E-state index contributed by atoms with van der Waals surface area (Å²) in [7, 11) is 0. The monoisotopic (exact) mass is 218 g/mol. The summed E-state index contributed by atoms with van der Waals surface area (Å²) >= 11 is 0. The molecule has 0 aliphatic rings. The van der Waals surface area contributed by atoms with E-state index in [0.29, 0.717) is 0 Å². The van der Waals surface area contributed by atoms with Crippen LogP contribution in [0.1, 0.15) is 32.0 Å². The third-order valence-electron chi connectivity index (χ3n) is 2.60. The molecule has 0 radical (unpaired) electrons. The van der Waals surface area contributed by atoms with E-state index in [1.165, 1.54) is 12.8 Å². The maximum atomic E-state index is 5.75. The van der Waals surface area contributed by atoms with Crippen LogP contribution in [0.4, 0.5) is 0 Å². The molecule has 0 atom stereocenters. The van der Waals surface area contributed by atoms with E-state index in [1.54, 1.807) is 0 Å². The quantitative estimate of drug-likeness (QED) is 0.781. The van der Waals surface area contributed by atoms with Crippen molar-refractivity contribution < 1.29 is 4.74 Å². The van der Waals surface area contributed by atoms with E-state index in [1.807, 2.05) is 25.1 Å². The van der Waals surface area contributed by atoms with Gasteiger partial charge >= 0.3 is 0 Å². The van der Waals surface area contributed by atoms with Gasteiger partial charge in [0.05, 0.1) is 12.1 Å². The average molecular weight is 218 g/mol. The van der Waals surface area contributed by atoms with Gasteiger partial charge in [-0.2, -0.15) is 0 Å². The number of rotatable bonds is 5. The van der Waals surface area contributed by atoms with E-state index < -0.39 is 0 Å². The van der Waals surface area contributed by atoms with Gasteiger partial charge in [0.15, 0.2) is 0 Å². The molecule has 16 heavy (non-hydrogen) atoms. The van der Waals surface area contributed by atoms with Crippen molar-refractivity contribution in [2.24, 2.45) is 0 Å². The second kappa shape index (κ2) is 5.01. The van der Waals surface area contributed by atoms with Crippen molar-refractivity contribution in [1.29, 1.82) is 0 Å². The van der Waals surface area contributed by atoms with Crippen LogP contribution in [0, 0.1) is 6.92 Å². The van der Waals surface area contributed by atoms with Crippen LogP contribution < -0.4 is 4.74 Å². The summed E-state index contributed by atoms with van der Waals surface area (Å²) < 4.78 is 5.75. The number of hydrogen-bond acceptors (Lipinski definition) is 2. The summed E-state index contributed by atoms with van der Waals surface area (Å²) in [5.74, 6) is 1.82. The summed E-state index contributed by atoms with van der Waals surface area (Å²) in [6, 6.07) is 6.00. The second-order valence-electron chi connectivity index (χ2n) is 4.03. The Labute approximate surface area is 95.8 Å². The molecule has 0 aliphatic carbocycles. The van der Waals surface area contributed by atoms with Crippen molar-refractivity contribution in [2.45, 2.75) is 33.1 Å². The summed E-state index contributed by atoms with van der Waals surface area (Å²) in [5.41, 5.74) is 1.99. The minimum absolute atomic E-state index is 0.777. The summed E-state index contributed by atoms with van der Waals surface area (Å²) in [4.78, 5) is 7.64. The number of nitrogens with zero attached hydrogens (tertiary/aromatic N) is 1. The molecule has 0 unspecified atom stereocenters. The SMILES string of the molecule is CCCCCOc1cccc2[nH]c(C)nc12. The fourth-order valence-corrected chi connectivity index (χ4v) is 1.78. The number of aryl methyl sites for hydroxylation is 1. The number of benzene rings is 1. The Kier molecular flexibility index (Phi) is 3.44. The zero-order valence-electron chi connectivity index (χ0n) is 9.92. The van der Waals surface area contributed by atoms with Crippen molar-refractivity contribution in [1.82, 2.24) is 9.97 Å². The van der Waals surface area contributed by atoms with Crippen LogP contribution in [0.25, 0.3) is 11.0 Å². The largest absolute Gasteiger partial charge is 0.491 e. The lowest BCUT2D eigenvalue weighted by Gasteiger charge is -2.05. The molecule has 0 amide bonds. The Morgan fingerprint density at radius 1 is 1.31 bits per heavy atom. The molecular formula is C13H18N2O. The van der Waals surface area contributed by atoms with Crippen LogP contribution >= 0.6 is 0 Å². The highest BCUT2D eigenvalue weighted by Crippen LogP contribution is 2.23. The molecular weight excluding hydrogens is 200 g/mol. The van der Waals surface area contributed by atoms with Gasteiger partial charge in [0, 0.05) is 0 Å². The number of aromatic amines is 1. The van der Waals surface area contributed by atoms with Crippen molar-refractivity contribution in [3.05, 3.63) is 24.0 Å². The molecule has 1 heterocycles. The van der Waals surface area contributed by atoms with Crippen LogP contribution in [0.3, 0.4) is 0 Å². The Bertz CT molecular complexity index is 462. The van der Waals surface area contributed by atoms with Crippen molar-refractivity contribution in [3.8, 4) is 5.75 Å². The van der Waals surface area contributed by atoms with E-state index in [2.05, 4.69) is 16.9 Å². The molecule has 3 nitrogen and oxygen atoms in total. The molecule has 0 saturated heterocycles. The molecule has 1 aromatic heterocycles. The van der Waals surface area contributed by atoms with Crippen molar-refractivity contribution >= 4 is 11.0 Å². The van der Waals surface area contributed by atoms with Gasteiger partial charge < -0.3 is 9.72 Å². The van der Waals surface area contributed by atoms with Gasteiger partial charge in [0.25, 0.3) is 0 Å². The van der Waals surface area contributed by atoms with E-state index in [9.17, 15) is 0 Å². The predicted molar refractivity (Wildman–Crippen MR) is 65.9 cm³/mol. The molecule has 0 aliphatic heterocycles. The van der Waals surface area contributed by atoms with Crippen LogP contribution in [0.15, 0.2) is 18.2 Å². The number of para-hydroxylation sites is 1.